The summed E-state index contributed by atoms with van der Waals surface area (Å²) in [7, 11) is 0. The Kier molecular flexibility index (Phi) is 9.91. The molecule has 0 heterocycles. The Morgan fingerprint density at radius 1 is 1.21 bits per heavy atom. The van der Waals surface area contributed by atoms with Crippen molar-refractivity contribution in [3.63, 3.8) is 0 Å². The molecule has 1 fully saturated rings. The Hall–Kier alpha value is 0.190. The maximum absolute atomic E-state index is 9.80. The fourth-order valence-corrected chi connectivity index (χ4v) is 3.09. The number of hydrogen-bond donors (Lipinski definition) is 2. The van der Waals surface area contributed by atoms with Gasteiger partial charge in [0.15, 0.2) is 0 Å². The molecule has 1 aliphatic carbocycles. The predicted molar refractivity (Wildman–Crippen MR) is 80.9 cm³/mol. The highest BCUT2D eigenvalue weighted by molar-refractivity contribution is 7.99. The standard InChI is InChI=1S/C14H29NO3S/c1-3-17-8-9-18-11-13(16)10-15-12-4-6-14(19-2)7-5-12/h12-16H,3-11H2,1-2H3. The van der Waals surface area contributed by atoms with Gasteiger partial charge in [-0.3, -0.25) is 0 Å². The van der Waals surface area contributed by atoms with Crippen molar-refractivity contribution in [1.82, 2.24) is 5.32 Å². The fourth-order valence-electron chi connectivity index (χ4n) is 2.35. The lowest BCUT2D eigenvalue weighted by atomic mass is 9.95. The van der Waals surface area contributed by atoms with Crippen molar-refractivity contribution in [2.24, 2.45) is 0 Å². The van der Waals surface area contributed by atoms with Crippen LogP contribution in [0.3, 0.4) is 0 Å². The molecule has 4 nitrogen and oxygen atoms in total. The van der Waals surface area contributed by atoms with Crippen LogP contribution in [-0.2, 0) is 9.47 Å². The number of aliphatic hydroxyl groups excluding tert-OH is 1. The van der Waals surface area contributed by atoms with Gasteiger partial charge >= 0.3 is 0 Å². The molecule has 19 heavy (non-hydrogen) atoms. The summed E-state index contributed by atoms with van der Waals surface area (Å²) < 4.78 is 10.5. The van der Waals surface area contributed by atoms with Gasteiger partial charge in [-0.25, -0.2) is 0 Å². The zero-order chi connectivity index (χ0) is 13.9. The molecule has 1 atom stereocenters. The zero-order valence-corrected chi connectivity index (χ0v) is 13.1. The Balaban J connectivity index is 1.96. The zero-order valence-electron chi connectivity index (χ0n) is 12.3. The van der Waals surface area contributed by atoms with E-state index in [-0.39, 0.29) is 0 Å². The van der Waals surface area contributed by atoms with Crippen LogP contribution < -0.4 is 5.32 Å². The largest absolute Gasteiger partial charge is 0.389 e. The van der Waals surface area contributed by atoms with E-state index in [1.54, 1.807) is 0 Å². The number of nitrogens with one attached hydrogen (secondary N) is 1. The predicted octanol–water partition coefficient (Wildman–Crippen LogP) is 1.66. The van der Waals surface area contributed by atoms with Crippen LogP contribution in [0.4, 0.5) is 0 Å². The van der Waals surface area contributed by atoms with E-state index in [0.717, 1.165) is 5.25 Å². The van der Waals surface area contributed by atoms with E-state index >= 15 is 0 Å². The van der Waals surface area contributed by atoms with Gasteiger partial charge in [0.05, 0.1) is 25.9 Å². The Morgan fingerprint density at radius 3 is 2.53 bits per heavy atom. The molecule has 0 aromatic rings. The molecule has 0 aromatic heterocycles. The van der Waals surface area contributed by atoms with E-state index in [2.05, 4.69) is 11.6 Å². The molecular weight excluding hydrogens is 262 g/mol. The van der Waals surface area contributed by atoms with Crippen molar-refractivity contribution in [2.75, 3.05) is 39.2 Å². The lowest BCUT2D eigenvalue weighted by molar-refractivity contribution is 0.00542. The molecule has 0 bridgehead atoms. The molecule has 0 aliphatic heterocycles. The SMILES string of the molecule is CCOCCOCC(O)CNC1CCC(SC)CC1. The van der Waals surface area contributed by atoms with E-state index in [0.29, 0.717) is 39.0 Å². The summed E-state index contributed by atoms with van der Waals surface area (Å²) in [5, 5.41) is 14.1. The van der Waals surface area contributed by atoms with Crippen LogP contribution in [0.2, 0.25) is 0 Å². The number of thioether (sulfide) groups is 1. The van der Waals surface area contributed by atoms with E-state index in [1.165, 1.54) is 25.7 Å². The van der Waals surface area contributed by atoms with Crippen molar-refractivity contribution in [3.05, 3.63) is 0 Å². The van der Waals surface area contributed by atoms with Crippen molar-refractivity contribution in [2.45, 2.75) is 50.0 Å². The summed E-state index contributed by atoms with van der Waals surface area (Å²) >= 11 is 1.98. The molecule has 1 aliphatic rings. The van der Waals surface area contributed by atoms with Gasteiger partial charge in [-0.1, -0.05) is 0 Å². The highest BCUT2D eigenvalue weighted by Gasteiger charge is 2.20. The molecule has 0 spiro atoms. The smallest absolute Gasteiger partial charge is 0.0897 e. The second-order valence-corrected chi connectivity index (χ2v) is 6.18. The molecular formula is C14H29NO3S. The summed E-state index contributed by atoms with van der Waals surface area (Å²) in [6.07, 6.45) is 6.81. The summed E-state index contributed by atoms with van der Waals surface area (Å²) in [6, 6.07) is 0.571. The first kappa shape index (κ1) is 17.2. The van der Waals surface area contributed by atoms with Gasteiger partial charge in [-0.05, 0) is 38.9 Å². The van der Waals surface area contributed by atoms with Crippen LogP contribution in [0.15, 0.2) is 0 Å². The van der Waals surface area contributed by atoms with Crippen LogP contribution in [-0.4, -0.2) is 61.7 Å². The molecule has 0 aromatic carbocycles. The maximum atomic E-state index is 9.80. The van der Waals surface area contributed by atoms with Gasteiger partial charge in [0.2, 0.25) is 0 Å². The highest BCUT2D eigenvalue weighted by Crippen LogP contribution is 2.26. The minimum absolute atomic E-state index is 0.389. The lowest BCUT2D eigenvalue weighted by Gasteiger charge is -2.28. The van der Waals surface area contributed by atoms with Crippen LogP contribution in [0.1, 0.15) is 32.6 Å². The second kappa shape index (κ2) is 10.9. The molecule has 0 radical (unpaired) electrons. The molecule has 2 N–H and O–H groups in total. The quantitative estimate of drug-likeness (QED) is 0.600. The fraction of sp³-hybridized carbons (Fsp3) is 1.00. The molecule has 1 saturated carbocycles. The first-order valence-electron chi connectivity index (χ1n) is 7.36. The molecule has 1 rings (SSSR count). The lowest BCUT2D eigenvalue weighted by Crippen LogP contribution is -2.40. The van der Waals surface area contributed by atoms with Crippen LogP contribution >= 0.6 is 11.8 Å². The summed E-state index contributed by atoms with van der Waals surface area (Å²) in [5.74, 6) is 0. The third-order valence-electron chi connectivity index (χ3n) is 3.54. The summed E-state index contributed by atoms with van der Waals surface area (Å²) in [4.78, 5) is 0. The first-order valence-corrected chi connectivity index (χ1v) is 8.64. The number of rotatable bonds is 10. The van der Waals surface area contributed by atoms with Crippen LogP contribution in [0, 0.1) is 0 Å². The normalized spacial score (nSPS) is 25.4. The van der Waals surface area contributed by atoms with Gasteiger partial charge in [-0.2, -0.15) is 11.8 Å². The molecule has 5 heteroatoms. The van der Waals surface area contributed by atoms with Gasteiger partial charge < -0.3 is 19.9 Å². The Morgan fingerprint density at radius 2 is 1.89 bits per heavy atom. The number of ether oxygens (including phenoxy) is 2. The van der Waals surface area contributed by atoms with Crippen LogP contribution in [0.25, 0.3) is 0 Å². The van der Waals surface area contributed by atoms with Crippen molar-refractivity contribution in [3.8, 4) is 0 Å². The average Bonchev–Trinajstić information content (AvgIpc) is 2.45. The topological polar surface area (TPSA) is 50.7 Å². The molecule has 0 saturated heterocycles. The minimum Gasteiger partial charge on any atom is -0.389 e. The first-order chi connectivity index (χ1) is 9.26. The van der Waals surface area contributed by atoms with E-state index in [9.17, 15) is 5.11 Å². The minimum atomic E-state index is -0.417. The van der Waals surface area contributed by atoms with Crippen molar-refractivity contribution < 1.29 is 14.6 Å². The average molecular weight is 291 g/mol. The Bertz CT molecular complexity index is 211. The van der Waals surface area contributed by atoms with Gasteiger partial charge in [0, 0.05) is 24.4 Å². The maximum Gasteiger partial charge on any atom is 0.0897 e. The van der Waals surface area contributed by atoms with Gasteiger partial charge in [-0.15, -0.1) is 0 Å². The third-order valence-corrected chi connectivity index (χ3v) is 4.67. The summed E-state index contributed by atoms with van der Waals surface area (Å²) in [6.45, 7) is 4.86. The third kappa shape index (κ3) is 8.15. The van der Waals surface area contributed by atoms with E-state index in [1.807, 2.05) is 18.7 Å². The van der Waals surface area contributed by atoms with E-state index < -0.39 is 6.10 Å². The monoisotopic (exact) mass is 291 g/mol. The molecule has 114 valence electrons. The second-order valence-electron chi connectivity index (χ2n) is 5.04. The van der Waals surface area contributed by atoms with E-state index in [4.69, 9.17) is 9.47 Å². The highest BCUT2D eigenvalue weighted by atomic mass is 32.2. The van der Waals surface area contributed by atoms with Gasteiger partial charge in [0.25, 0.3) is 0 Å². The number of aliphatic hydroxyl groups is 1. The summed E-state index contributed by atoms with van der Waals surface area (Å²) in [5.41, 5.74) is 0. The van der Waals surface area contributed by atoms with Crippen molar-refractivity contribution in [1.29, 1.82) is 0 Å². The molecule has 1 unspecified atom stereocenters. The Labute approximate surface area is 121 Å². The van der Waals surface area contributed by atoms with Crippen molar-refractivity contribution >= 4 is 11.8 Å². The molecule has 0 amide bonds. The van der Waals surface area contributed by atoms with Gasteiger partial charge in [0.1, 0.15) is 0 Å². The number of hydrogen-bond acceptors (Lipinski definition) is 5. The van der Waals surface area contributed by atoms with Crippen LogP contribution in [0.5, 0.6) is 0 Å².